The summed E-state index contributed by atoms with van der Waals surface area (Å²) in [6.45, 7) is 9.75. The van der Waals surface area contributed by atoms with E-state index in [4.69, 9.17) is 10.5 Å². The van der Waals surface area contributed by atoms with Gasteiger partial charge in [0.1, 0.15) is 11.4 Å². The van der Waals surface area contributed by atoms with E-state index in [9.17, 15) is 9.18 Å². The predicted octanol–water partition coefficient (Wildman–Crippen LogP) is 3.70. The first-order valence-electron chi connectivity index (χ1n) is 7.01. The van der Waals surface area contributed by atoms with Crippen LogP contribution in [-0.4, -0.2) is 18.2 Å². The molecule has 0 saturated heterocycles. The van der Waals surface area contributed by atoms with Crippen LogP contribution in [0.3, 0.4) is 0 Å². The third-order valence-corrected chi connectivity index (χ3v) is 2.91. The van der Waals surface area contributed by atoms with Crippen molar-refractivity contribution in [1.82, 2.24) is 0 Å². The Balaban J connectivity index is 2.85. The van der Waals surface area contributed by atoms with Crippen molar-refractivity contribution in [2.24, 2.45) is 11.1 Å². The highest BCUT2D eigenvalue weighted by atomic mass is 19.1. The summed E-state index contributed by atoms with van der Waals surface area (Å²) >= 11 is 0. The van der Waals surface area contributed by atoms with Crippen LogP contribution in [-0.2, 0) is 11.2 Å². The standard InChI is InChI=1S/C16H25FN2O2/c1-15(2,3)21-14(20)19-12-6-7-13(17)11(8-12)9-16(4,5)10-18/h6-8H,9-10,18H2,1-5H3,(H,19,20). The number of benzene rings is 1. The number of hydrogen-bond donors (Lipinski definition) is 2. The van der Waals surface area contributed by atoms with Crippen LogP contribution < -0.4 is 11.1 Å². The van der Waals surface area contributed by atoms with Crippen molar-refractivity contribution in [2.45, 2.75) is 46.6 Å². The van der Waals surface area contributed by atoms with Crippen LogP contribution in [0.1, 0.15) is 40.2 Å². The van der Waals surface area contributed by atoms with E-state index in [1.807, 2.05) is 13.8 Å². The molecule has 5 heteroatoms. The predicted molar refractivity (Wildman–Crippen MR) is 82.8 cm³/mol. The lowest BCUT2D eigenvalue weighted by atomic mass is 9.85. The maximum absolute atomic E-state index is 13.9. The normalized spacial score (nSPS) is 12.1. The Kier molecular flexibility index (Phi) is 5.34. The summed E-state index contributed by atoms with van der Waals surface area (Å²) in [5.74, 6) is -0.300. The Hall–Kier alpha value is -1.62. The van der Waals surface area contributed by atoms with Crippen molar-refractivity contribution in [1.29, 1.82) is 0 Å². The minimum Gasteiger partial charge on any atom is -0.444 e. The fraction of sp³-hybridized carbons (Fsp3) is 0.562. The lowest BCUT2D eigenvalue weighted by Crippen LogP contribution is -2.28. The van der Waals surface area contributed by atoms with E-state index in [0.29, 0.717) is 24.2 Å². The largest absolute Gasteiger partial charge is 0.444 e. The van der Waals surface area contributed by atoms with E-state index in [2.05, 4.69) is 5.32 Å². The van der Waals surface area contributed by atoms with Crippen LogP contribution in [0, 0.1) is 11.2 Å². The second-order valence-corrected chi connectivity index (χ2v) is 6.98. The number of rotatable bonds is 4. The SMILES string of the molecule is CC(C)(CN)Cc1cc(NC(=O)OC(C)(C)C)ccc1F. The zero-order chi connectivity index (χ0) is 16.3. The smallest absolute Gasteiger partial charge is 0.412 e. The molecule has 3 N–H and O–H groups in total. The van der Waals surface area contributed by atoms with Gasteiger partial charge in [-0.15, -0.1) is 0 Å². The van der Waals surface area contributed by atoms with Gasteiger partial charge in [0, 0.05) is 5.69 Å². The number of anilines is 1. The summed E-state index contributed by atoms with van der Waals surface area (Å²) in [7, 11) is 0. The third-order valence-electron chi connectivity index (χ3n) is 2.91. The van der Waals surface area contributed by atoms with E-state index in [1.54, 1.807) is 26.8 Å². The van der Waals surface area contributed by atoms with Gasteiger partial charge in [0.05, 0.1) is 0 Å². The van der Waals surface area contributed by atoms with Gasteiger partial charge in [-0.3, -0.25) is 5.32 Å². The highest BCUT2D eigenvalue weighted by Gasteiger charge is 2.20. The Morgan fingerprint density at radius 2 is 1.90 bits per heavy atom. The fourth-order valence-corrected chi connectivity index (χ4v) is 1.80. The van der Waals surface area contributed by atoms with Gasteiger partial charge in [-0.1, -0.05) is 13.8 Å². The Bertz CT molecular complexity index is 507. The topological polar surface area (TPSA) is 64.3 Å². The molecule has 1 aromatic rings. The zero-order valence-corrected chi connectivity index (χ0v) is 13.4. The average Bonchev–Trinajstić information content (AvgIpc) is 2.30. The summed E-state index contributed by atoms with van der Waals surface area (Å²) in [6, 6.07) is 4.48. The third kappa shape index (κ3) is 6.12. The quantitative estimate of drug-likeness (QED) is 0.890. The average molecular weight is 296 g/mol. The van der Waals surface area contributed by atoms with Gasteiger partial charge < -0.3 is 10.5 Å². The summed E-state index contributed by atoms with van der Waals surface area (Å²) in [5.41, 5.74) is 5.94. The maximum Gasteiger partial charge on any atom is 0.412 e. The molecule has 0 saturated carbocycles. The molecule has 1 aromatic carbocycles. The van der Waals surface area contributed by atoms with Gasteiger partial charge in [-0.2, -0.15) is 0 Å². The van der Waals surface area contributed by atoms with E-state index < -0.39 is 11.7 Å². The molecule has 0 atom stereocenters. The monoisotopic (exact) mass is 296 g/mol. The van der Waals surface area contributed by atoms with Crippen LogP contribution in [0.15, 0.2) is 18.2 Å². The molecular formula is C16H25FN2O2. The van der Waals surface area contributed by atoms with Crippen LogP contribution in [0.5, 0.6) is 0 Å². The molecule has 1 rings (SSSR count). The lowest BCUT2D eigenvalue weighted by molar-refractivity contribution is 0.0636. The molecule has 0 aliphatic carbocycles. The van der Waals surface area contributed by atoms with Crippen LogP contribution in [0.4, 0.5) is 14.9 Å². The number of hydrogen-bond acceptors (Lipinski definition) is 3. The first-order valence-corrected chi connectivity index (χ1v) is 7.01. The van der Waals surface area contributed by atoms with E-state index in [1.165, 1.54) is 12.1 Å². The van der Waals surface area contributed by atoms with Gasteiger partial charge >= 0.3 is 6.09 Å². The molecule has 118 valence electrons. The van der Waals surface area contributed by atoms with E-state index in [-0.39, 0.29) is 11.2 Å². The van der Waals surface area contributed by atoms with Crippen molar-refractivity contribution in [3.8, 4) is 0 Å². The first-order chi connectivity index (χ1) is 9.52. The highest BCUT2D eigenvalue weighted by molar-refractivity contribution is 5.84. The number of carbonyl (C=O) groups excluding carboxylic acids is 1. The summed E-state index contributed by atoms with van der Waals surface area (Å²) in [5, 5.41) is 2.61. The Morgan fingerprint density at radius 1 is 1.29 bits per heavy atom. The molecule has 0 bridgehead atoms. The Morgan fingerprint density at radius 3 is 2.43 bits per heavy atom. The van der Waals surface area contributed by atoms with Crippen molar-refractivity contribution >= 4 is 11.8 Å². The molecule has 0 aromatic heterocycles. The molecule has 0 unspecified atom stereocenters. The number of nitrogens with one attached hydrogen (secondary N) is 1. The first kappa shape index (κ1) is 17.4. The molecule has 0 radical (unpaired) electrons. The summed E-state index contributed by atoms with van der Waals surface area (Å²) in [4.78, 5) is 11.7. The molecule has 0 heterocycles. The van der Waals surface area contributed by atoms with Gasteiger partial charge in [0.25, 0.3) is 0 Å². The van der Waals surface area contributed by atoms with Gasteiger partial charge in [-0.25, -0.2) is 9.18 Å². The zero-order valence-electron chi connectivity index (χ0n) is 13.4. The number of nitrogens with two attached hydrogens (primary N) is 1. The number of ether oxygens (including phenoxy) is 1. The van der Waals surface area contributed by atoms with Crippen LogP contribution in [0.2, 0.25) is 0 Å². The van der Waals surface area contributed by atoms with Crippen molar-refractivity contribution in [3.63, 3.8) is 0 Å². The molecule has 4 nitrogen and oxygen atoms in total. The molecule has 0 aliphatic heterocycles. The summed E-state index contributed by atoms with van der Waals surface area (Å²) in [6.07, 6.45) is -0.0581. The lowest BCUT2D eigenvalue weighted by Gasteiger charge is -2.23. The fourth-order valence-electron chi connectivity index (χ4n) is 1.80. The van der Waals surface area contributed by atoms with Crippen LogP contribution in [0.25, 0.3) is 0 Å². The summed E-state index contributed by atoms with van der Waals surface area (Å²) < 4.78 is 19.0. The molecule has 0 fully saturated rings. The molecule has 1 amide bonds. The van der Waals surface area contributed by atoms with Crippen molar-refractivity contribution < 1.29 is 13.9 Å². The van der Waals surface area contributed by atoms with Gasteiger partial charge in [0.15, 0.2) is 0 Å². The molecule has 21 heavy (non-hydrogen) atoms. The van der Waals surface area contributed by atoms with Crippen molar-refractivity contribution in [2.75, 3.05) is 11.9 Å². The van der Waals surface area contributed by atoms with E-state index >= 15 is 0 Å². The van der Waals surface area contributed by atoms with E-state index in [0.717, 1.165) is 0 Å². The number of amides is 1. The molecular weight excluding hydrogens is 271 g/mol. The van der Waals surface area contributed by atoms with Crippen molar-refractivity contribution in [3.05, 3.63) is 29.6 Å². The second kappa shape index (κ2) is 6.43. The Labute approximate surface area is 125 Å². The second-order valence-electron chi connectivity index (χ2n) is 6.98. The molecule has 0 spiro atoms. The maximum atomic E-state index is 13.9. The van der Waals surface area contributed by atoms with Crippen LogP contribution >= 0.6 is 0 Å². The minimum atomic E-state index is -0.575. The minimum absolute atomic E-state index is 0.203. The van der Waals surface area contributed by atoms with Gasteiger partial charge in [0.2, 0.25) is 0 Å². The highest BCUT2D eigenvalue weighted by Crippen LogP contribution is 2.24. The molecule has 0 aliphatic rings. The number of carbonyl (C=O) groups is 1. The number of halogens is 1. The van der Waals surface area contributed by atoms with Gasteiger partial charge in [-0.05, 0) is 62.9 Å².